The van der Waals surface area contributed by atoms with E-state index in [9.17, 15) is 9.90 Å². The summed E-state index contributed by atoms with van der Waals surface area (Å²) in [5, 5.41) is 13.3. The summed E-state index contributed by atoms with van der Waals surface area (Å²) in [5.74, 6) is 0.401. The largest absolute Gasteiger partial charge is 0.508 e. The number of hydrogen-bond donors (Lipinski definition) is 2. The predicted molar refractivity (Wildman–Crippen MR) is 65.8 cm³/mol. The Morgan fingerprint density at radius 2 is 2.06 bits per heavy atom. The number of benzene rings is 1. The molecule has 0 saturated heterocycles. The molecule has 4 nitrogen and oxygen atoms in total. The van der Waals surface area contributed by atoms with E-state index in [2.05, 4.69) is 10.5 Å². The number of carbonyl (C=O) groups is 1. The molecule has 2 N–H and O–H groups in total. The van der Waals surface area contributed by atoms with Crippen molar-refractivity contribution in [3.05, 3.63) is 29.8 Å². The highest BCUT2D eigenvalue weighted by Crippen LogP contribution is 2.28. The Morgan fingerprint density at radius 3 is 2.59 bits per heavy atom. The summed E-state index contributed by atoms with van der Waals surface area (Å²) in [5.41, 5.74) is 4.33. The van der Waals surface area contributed by atoms with Crippen LogP contribution in [0.2, 0.25) is 0 Å². The van der Waals surface area contributed by atoms with Crippen molar-refractivity contribution >= 4 is 11.6 Å². The molecule has 4 heteroatoms. The smallest absolute Gasteiger partial charge is 0.243 e. The van der Waals surface area contributed by atoms with E-state index in [0.717, 1.165) is 30.5 Å². The standard InChI is InChI=1S/C13H16N2O2/c1-2-12(9-5-7-11(16)8-6-9)14-15-13(17)10-3-4-10/h5-8,10,16H,2-4H2,1H3,(H,15,17)/b14-12+. The maximum atomic E-state index is 11.5. The molecule has 0 bridgehead atoms. The van der Waals surface area contributed by atoms with Gasteiger partial charge >= 0.3 is 0 Å². The Kier molecular flexibility index (Phi) is 3.42. The Balaban J connectivity index is 2.06. The molecule has 90 valence electrons. The SMILES string of the molecule is CC/C(=N\NC(=O)C1CC1)c1ccc(O)cc1. The van der Waals surface area contributed by atoms with Gasteiger partial charge in [-0.1, -0.05) is 6.92 Å². The van der Waals surface area contributed by atoms with Crippen molar-refractivity contribution in [2.45, 2.75) is 26.2 Å². The van der Waals surface area contributed by atoms with E-state index in [1.807, 2.05) is 6.92 Å². The first kappa shape index (κ1) is 11.6. The van der Waals surface area contributed by atoms with Crippen LogP contribution in [0, 0.1) is 5.92 Å². The van der Waals surface area contributed by atoms with Gasteiger partial charge in [-0.3, -0.25) is 4.79 Å². The first-order valence-electron chi connectivity index (χ1n) is 5.86. The molecule has 0 aromatic heterocycles. The summed E-state index contributed by atoms with van der Waals surface area (Å²) >= 11 is 0. The minimum absolute atomic E-state index is 0.00901. The maximum Gasteiger partial charge on any atom is 0.243 e. The predicted octanol–water partition coefficient (Wildman–Crippen LogP) is 2.03. The van der Waals surface area contributed by atoms with Crippen LogP contribution >= 0.6 is 0 Å². The van der Waals surface area contributed by atoms with Crippen LogP contribution in [0.4, 0.5) is 0 Å². The summed E-state index contributed by atoms with van der Waals surface area (Å²) in [6.45, 7) is 1.98. The second-order valence-corrected chi connectivity index (χ2v) is 4.21. The number of phenolic OH excluding ortho intramolecular Hbond substituents is 1. The number of nitrogens with one attached hydrogen (secondary N) is 1. The van der Waals surface area contributed by atoms with Gasteiger partial charge in [0.25, 0.3) is 0 Å². The van der Waals surface area contributed by atoms with Crippen LogP contribution in [0.15, 0.2) is 29.4 Å². The quantitative estimate of drug-likeness (QED) is 0.616. The van der Waals surface area contributed by atoms with E-state index in [-0.39, 0.29) is 17.6 Å². The zero-order chi connectivity index (χ0) is 12.3. The van der Waals surface area contributed by atoms with Crippen LogP contribution in [0.25, 0.3) is 0 Å². The molecule has 1 fully saturated rings. The van der Waals surface area contributed by atoms with Gasteiger partial charge in [0.2, 0.25) is 5.91 Å². The normalized spacial score (nSPS) is 15.7. The highest BCUT2D eigenvalue weighted by molar-refractivity contribution is 6.01. The molecular weight excluding hydrogens is 216 g/mol. The molecule has 0 radical (unpaired) electrons. The van der Waals surface area contributed by atoms with E-state index in [0.29, 0.717) is 0 Å². The summed E-state index contributed by atoms with van der Waals surface area (Å²) in [4.78, 5) is 11.5. The molecule has 1 aliphatic carbocycles. The average Bonchev–Trinajstić information content (AvgIpc) is 3.16. The number of amides is 1. The Morgan fingerprint density at radius 1 is 1.41 bits per heavy atom. The van der Waals surface area contributed by atoms with Crippen molar-refractivity contribution in [2.75, 3.05) is 0 Å². The number of phenols is 1. The zero-order valence-electron chi connectivity index (χ0n) is 9.81. The summed E-state index contributed by atoms with van der Waals surface area (Å²) in [6, 6.07) is 6.81. The summed E-state index contributed by atoms with van der Waals surface area (Å²) in [7, 11) is 0. The van der Waals surface area contributed by atoms with E-state index >= 15 is 0 Å². The number of rotatable bonds is 4. The van der Waals surface area contributed by atoms with Crippen molar-refractivity contribution in [3.8, 4) is 5.75 Å². The Labute approximate surface area is 100 Å². The molecular formula is C13H16N2O2. The van der Waals surface area contributed by atoms with Crippen molar-refractivity contribution in [1.82, 2.24) is 5.43 Å². The zero-order valence-corrected chi connectivity index (χ0v) is 9.81. The lowest BCUT2D eigenvalue weighted by molar-refractivity contribution is -0.122. The van der Waals surface area contributed by atoms with Gasteiger partial charge in [-0.05, 0) is 49.1 Å². The third-order valence-electron chi connectivity index (χ3n) is 2.78. The van der Waals surface area contributed by atoms with Crippen molar-refractivity contribution in [3.63, 3.8) is 0 Å². The van der Waals surface area contributed by atoms with E-state index < -0.39 is 0 Å². The van der Waals surface area contributed by atoms with Gasteiger partial charge < -0.3 is 5.11 Å². The lowest BCUT2D eigenvalue weighted by Gasteiger charge is -2.05. The number of nitrogens with zero attached hydrogens (tertiary/aromatic N) is 1. The van der Waals surface area contributed by atoms with Gasteiger partial charge in [-0.25, -0.2) is 5.43 Å². The number of hydrogen-bond acceptors (Lipinski definition) is 3. The second-order valence-electron chi connectivity index (χ2n) is 4.21. The van der Waals surface area contributed by atoms with Crippen LogP contribution in [0.5, 0.6) is 5.75 Å². The maximum absolute atomic E-state index is 11.5. The molecule has 0 spiro atoms. The molecule has 1 amide bonds. The van der Waals surface area contributed by atoms with Gasteiger partial charge in [-0.2, -0.15) is 5.10 Å². The van der Waals surface area contributed by atoms with Gasteiger partial charge in [-0.15, -0.1) is 0 Å². The fourth-order valence-corrected chi connectivity index (χ4v) is 1.56. The molecule has 2 rings (SSSR count). The lowest BCUT2D eigenvalue weighted by atomic mass is 10.1. The monoisotopic (exact) mass is 232 g/mol. The highest BCUT2D eigenvalue weighted by Gasteiger charge is 2.29. The van der Waals surface area contributed by atoms with Gasteiger partial charge in [0, 0.05) is 5.92 Å². The third-order valence-corrected chi connectivity index (χ3v) is 2.78. The molecule has 1 aromatic carbocycles. The van der Waals surface area contributed by atoms with Crippen LogP contribution in [0.3, 0.4) is 0 Å². The van der Waals surface area contributed by atoms with Crippen molar-refractivity contribution in [1.29, 1.82) is 0 Å². The molecule has 0 unspecified atom stereocenters. The Hall–Kier alpha value is -1.84. The molecule has 1 saturated carbocycles. The van der Waals surface area contributed by atoms with Gasteiger partial charge in [0.15, 0.2) is 0 Å². The van der Waals surface area contributed by atoms with Crippen LogP contribution in [-0.4, -0.2) is 16.7 Å². The van der Waals surface area contributed by atoms with Crippen LogP contribution in [-0.2, 0) is 4.79 Å². The number of aromatic hydroxyl groups is 1. The topological polar surface area (TPSA) is 61.7 Å². The molecule has 0 atom stereocenters. The Bertz CT molecular complexity index is 433. The average molecular weight is 232 g/mol. The molecule has 0 aliphatic heterocycles. The molecule has 1 aromatic rings. The first-order chi connectivity index (χ1) is 8.20. The summed E-state index contributed by atoms with van der Waals surface area (Å²) < 4.78 is 0. The van der Waals surface area contributed by atoms with Gasteiger partial charge in [0.1, 0.15) is 5.75 Å². The minimum atomic E-state index is 0.00901. The number of hydrazone groups is 1. The van der Waals surface area contributed by atoms with Crippen LogP contribution in [0.1, 0.15) is 31.7 Å². The van der Waals surface area contributed by atoms with E-state index in [1.54, 1.807) is 24.3 Å². The van der Waals surface area contributed by atoms with E-state index in [4.69, 9.17) is 0 Å². The van der Waals surface area contributed by atoms with Gasteiger partial charge in [0.05, 0.1) is 5.71 Å². The molecule has 17 heavy (non-hydrogen) atoms. The third kappa shape index (κ3) is 3.06. The van der Waals surface area contributed by atoms with Crippen LogP contribution < -0.4 is 5.43 Å². The van der Waals surface area contributed by atoms with Crippen molar-refractivity contribution in [2.24, 2.45) is 11.0 Å². The molecule has 1 aliphatic rings. The molecule has 0 heterocycles. The highest BCUT2D eigenvalue weighted by atomic mass is 16.3. The minimum Gasteiger partial charge on any atom is -0.508 e. The van der Waals surface area contributed by atoms with E-state index in [1.165, 1.54) is 0 Å². The first-order valence-corrected chi connectivity index (χ1v) is 5.86. The number of carbonyl (C=O) groups excluding carboxylic acids is 1. The fraction of sp³-hybridized carbons (Fsp3) is 0.385. The fourth-order valence-electron chi connectivity index (χ4n) is 1.56. The van der Waals surface area contributed by atoms with Crippen molar-refractivity contribution < 1.29 is 9.90 Å². The lowest BCUT2D eigenvalue weighted by Crippen LogP contribution is -2.21. The summed E-state index contributed by atoms with van der Waals surface area (Å²) in [6.07, 6.45) is 2.68. The second kappa shape index (κ2) is 4.99.